The van der Waals surface area contributed by atoms with Gasteiger partial charge in [-0.05, 0) is 50.0 Å². The Hall–Kier alpha value is 0.250. The molecule has 0 bridgehead atoms. The molecular formula is C8H16ClN. The molecule has 0 aromatic rings. The number of nitrogens with two attached hydrogens (primary N) is 1. The first-order valence-corrected chi connectivity index (χ1v) is 4.10. The molecule has 0 amide bonds. The summed E-state index contributed by atoms with van der Waals surface area (Å²) in [4.78, 5) is 0. The highest BCUT2D eigenvalue weighted by Crippen LogP contribution is 2.48. The summed E-state index contributed by atoms with van der Waals surface area (Å²) in [5.41, 5.74) is 5.59. The molecule has 2 aliphatic rings. The van der Waals surface area contributed by atoms with E-state index in [1.165, 1.54) is 25.7 Å². The van der Waals surface area contributed by atoms with Crippen molar-refractivity contribution in [3.63, 3.8) is 0 Å². The molecule has 60 valence electrons. The van der Waals surface area contributed by atoms with Crippen LogP contribution < -0.4 is 5.73 Å². The van der Waals surface area contributed by atoms with Crippen LogP contribution in [0, 0.1) is 17.8 Å². The molecule has 1 unspecified atom stereocenters. The van der Waals surface area contributed by atoms with Crippen LogP contribution in [-0.4, -0.2) is 6.54 Å². The first-order valence-electron chi connectivity index (χ1n) is 4.10. The minimum Gasteiger partial charge on any atom is -0.330 e. The van der Waals surface area contributed by atoms with E-state index in [-0.39, 0.29) is 12.4 Å². The van der Waals surface area contributed by atoms with Crippen LogP contribution in [0.25, 0.3) is 0 Å². The smallest absolute Gasteiger partial charge is 0.00487 e. The van der Waals surface area contributed by atoms with Crippen molar-refractivity contribution < 1.29 is 0 Å². The van der Waals surface area contributed by atoms with Crippen molar-refractivity contribution in [1.29, 1.82) is 0 Å². The van der Waals surface area contributed by atoms with Gasteiger partial charge in [0.05, 0.1) is 0 Å². The number of halogens is 1. The van der Waals surface area contributed by atoms with E-state index in [2.05, 4.69) is 0 Å². The van der Waals surface area contributed by atoms with Crippen molar-refractivity contribution >= 4 is 12.4 Å². The Morgan fingerprint density at radius 2 is 1.60 bits per heavy atom. The fourth-order valence-electron chi connectivity index (χ4n) is 2.40. The van der Waals surface area contributed by atoms with Crippen LogP contribution in [0.5, 0.6) is 0 Å². The zero-order valence-corrected chi connectivity index (χ0v) is 7.07. The van der Waals surface area contributed by atoms with Crippen LogP contribution in [-0.2, 0) is 0 Å². The summed E-state index contributed by atoms with van der Waals surface area (Å²) >= 11 is 0. The topological polar surface area (TPSA) is 26.0 Å². The monoisotopic (exact) mass is 161 g/mol. The highest BCUT2D eigenvalue weighted by atomic mass is 35.5. The molecule has 0 radical (unpaired) electrons. The second kappa shape index (κ2) is 3.10. The van der Waals surface area contributed by atoms with Crippen molar-refractivity contribution in [3.8, 4) is 0 Å². The number of fused-ring (bicyclic) bond motifs is 1. The van der Waals surface area contributed by atoms with Gasteiger partial charge in [-0.15, -0.1) is 12.4 Å². The minimum atomic E-state index is 0. The molecule has 0 aromatic carbocycles. The van der Waals surface area contributed by atoms with Gasteiger partial charge in [0.2, 0.25) is 0 Å². The van der Waals surface area contributed by atoms with Crippen LogP contribution in [0.4, 0.5) is 0 Å². The van der Waals surface area contributed by atoms with E-state index in [0.29, 0.717) is 0 Å². The van der Waals surface area contributed by atoms with Crippen molar-refractivity contribution in [2.45, 2.75) is 25.7 Å². The van der Waals surface area contributed by atoms with E-state index < -0.39 is 0 Å². The summed E-state index contributed by atoms with van der Waals surface area (Å²) in [6.07, 6.45) is 5.89. The van der Waals surface area contributed by atoms with Crippen molar-refractivity contribution in [3.05, 3.63) is 0 Å². The van der Waals surface area contributed by atoms with Crippen LogP contribution in [0.2, 0.25) is 0 Å². The van der Waals surface area contributed by atoms with Crippen LogP contribution >= 0.6 is 12.4 Å². The summed E-state index contributed by atoms with van der Waals surface area (Å²) in [7, 11) is 0. The summed E-state index contributed by atoms with van der Waals surface area (Å²) in [6, 6.07) is 0. The van der Waals surface area contributed by atoms with Crippen LogP contribution in [0.3, 0.4) is 0 Å². The molecule has 3 atom stereocenters. The molecule has 2 saturated carbocycles. The van der Waals surface area contributed by atoms with Crippen LogP contribution in [0.1, 0.15) is 25.7 Å². The third-order valence-electron chi connectivity index (χ3n) is 3.18. The lowest BCUT2D eigenvalue weighted by Gasteiger charge is -2.29. The largest absolute Gasteiger partial charge is 0.330 e. The molecule has 0 aliphatic heterocycles. The van der Waals surface area contributed by atoms with Crippen molar-refractivity contribution in [2.75, 3.05) is 6.54 Å². The summed E-state index contributed by atoms with van der Waals surface area (Å²) < 4.78 is 0. The molecule has 1 nitrogen and oxygen atoms in total. The quantitative estimate of drug-likeness (QED) is 0.624. The number of hydrogen-bond donors (Lipinski definition) is 1. The molecule has 2 fully saturated rings. The fourth-order valence-corrected chi connectivity index (χ4v) is 2.40. The number of hydrogen-bond acceptors (Lipinski definition) is 1. The van der Waals surface area contributed by atoms with Gasteiger partial charge in [-0.2, -0.15) is 0 Å². The summed E-state index contributed by atoms with van der Waals surface area (Å²) in [6.45, 7) is 0.938. The van der Waals surface area contributed by atoms with Gasteiger partial charge in [-0.25, -0.2) is 0 Å². The summed E-state index contributed by atoms with van der Waals surface area (Å²) in [5.74, 6) is 3.08. The average Bonchev–Trinajstić information content (AvgIpc) is 2.10. The van der Waals surface area contributed by atoms with Gasteiger partial charge >= 0.3 is 0 Å². The minimum absolute atomic E-state index is 0. The lowest BCUT2D eigenvalue weighted by Crippen LogP contribution is -2.18. The highest BCUT2D eigenvalue weighted by Gasteiger charge is 2.39. The molecule has 10 heavy (non-hydrogen) atoms. The zero-order chi connectivity index (χ0) is 6.27. The van der Waals surface area contributed by atoms with Crippen molar-refractivity contribution in [1.82, 2.24) is 0 Å². The molecule has 0 saturated heterocycles. The van der Waals surface area contributed by atoms with Gasteiger partial charge in [0.15, 0.2) is 0 Å². The Bertz CT molecular complexity index is 104. The molecule has 2 aliphatic carbocycles. The van der Waals surface area contributed by atoms with Gasteiger partial charge in [-0.1, -0.05) is 0 Å². The van der Waals surface area contributed by atoms with E-state index in [0.717, 1.165) is 24.3 Å². The second-order valence-corrected chi connectivity index (χ2v) is 3.67. The van der Waals surface area contributed by atoms with Gasteiger partial charge in [0, 0.05) is 0 Å². The Kier molecular flexibility index (Phi) is 2.59. The van der Waals surface area contributed by atoms with Crippen molar-refractivity contribution in [2.24, 2.45) is 23.5 Å². The second-order valence-electron chi connectivity index (χ2n) is 3.67. The first kappa shape index (κ1) is 8.35. The SMILES string of the molecule is Cl.NCC1C[C@H]2CC[C@H]2C1. The zero-order valence-electron chi connectivity index (χ0n) is 6.25. The molecular weight excluding hydrogens is 146 g/mol. The Balaban J connectivity index is 0.000000500. The van der Waals surface area contributed by atoms with Gasteiger partial charge < -0.3 is 5.73 Å². The van der Waals surface area contributed by atoms with E-state index in [9.17, 15) is 0 Å². The highest BCUT2D eigenvalue weighted by molar-refractivity contribution is 5.85. The molecule has 2 N–H and O–H groups in total. The molecule has 0 spiro atoms. The van der Waals surface area contributed by atoms with Gasteiger partial charge in [0.25, 0.3) is 0 Å². The molecule has 2 rings (SSSR count). The van der Waals surface area contributed by atoms with E-state index in [1.54, 1.807) is 0 Å². The predicted octanol–water partition coefficient (Wildman–Crippen LogP) is 1.80. The summed E-state index contributed by atoms with van der Waals surface area (Å²) in [5, 5.41) is 0. The van der Waals surface area contributed by atoms with Gasteiger partial charge in [0.1, 0.15) is 0 Å². The fraction of sp³-hybridized carbons (Fsp3) is 1.00. The Labute approximate surface area is 68.8 Å². The van der Waals surface area contributed by atoms with Crippen LogP contribution in [0.15, 0.2) is 0 Å². The maximum Gasteiger partial charge on any atom is -0.00487 e. The van der Waals surface area contributed by atoms with Gasteiger partial charge in [-0.3, -0.25) is 0 Å². The lowest BCUT2D eigenvalue weighted by atomic mass is 9.77. The molecule has 0 heterocycles. The lowest BCUT2D eigenvalue weighted by molar-refractivity contribution is 0.219. The third-order valence-corrected chi connectivity index (χ3v) is 3.18. The van der Waals surface area contributed by atoms with E-state index in [4.69, 9.17) is 5.73 Å². The third kappa shape index (κ3) is 1.17. The maximum absolute atomic E-state index is 5.59. The standard InChI is InChI=1S/C8H15N.ClH/c9-5-6-3-7-1-2-8(7)4-6;/h6-8H,1-5,9H2;1H/t6?,7-,8+;. The molecule has 2 heteroatoms. The van der Waals surface area contributed by atoms with E-state index >= 15 is 0 Å². The van der Waals surface area contributed by atoms with E-state index in [1.807, 2.05) is 0 Å². The Morgan fingerprint density at radius 3 is 1.90 bits per heavy atom. The normalized spacial score (nSPS) is 43.5. The first-order chi connectivity index (χ1) is 4.40. The average molecular weight is 162 g/mol. The molecule has 0 aromatic heterocycles. The Morgan fingerprint density at radius 1 is 1.10 bits per heavy atom. The maximum atomic E-state index is 5.59. The predicted molar refractivity (Wildman–Crippen MR) is 45.2 cm³/mol. The number of rotatable bonds is 1.